The fourth-order valence-corrected chi connectivity index (χ4v) is 1.40. The van der Waals surface area contributed by atoms with E-state index in [1.165, 1.54) is 0 Å². The lowest BCUT2D eigenvalue weighted by Gasteiger charge is -2.02. The van der Waals surface area contributed by atoms with Crippen LogP contribution in [0.2, 0.25) is 0 Å². The molecule has 0 aliphatic carbocycles. The highest BCUT2D eigenvalue weighted by Gasteiger charge is 2.04. The van der Waals surface area contributed by atoms with Crippen molar-refractivity contribution in [3.63, 3.8) is 0 Å². The molecule has 0 radical (unpaired) electrons. The summed E-state index contributed by atoms with van der Waals surface area (Å²) in [5.41, 5.74) is 0.999. The number of benzene rings is 1. The molecule has 1 unspecified atom stereocenters. The van der Waals surface area contributed by atoms with Crippen molar-refractivity contribution in [1.82, 2.24) is 9.97 Å². The highest BCUT2D eigenvalue weighted by Crippen LogP contribution is 2.19. The van der Waals surface area contributed by atoms with Crippen LogP contribution in [0.3, 0.4) is 0 Å². The minimum atomic E-state index is 0.206. The Bertz CT molecular complexity index is 427. The Morgan fingerprint density at radius 1 is 1.20 bits per heavy atom. The Morgan fingerprint density at radius 3 is 2.53 bits per heavy atom. The van der Waals surface area contributed by atoms with Crippen molar-refractivity contribution in [3.8, 4) is 0 Å². The Morgan fingerprint density at radius 2 is 1.87 bits per heavy atom. The SMILES string of the molecule is CC.CC(Br)c1ncc2ccccc2n1. The van der Waals surface area contributed by atoms with Gasteiger partial charge in [0.15, 0.2) is 0 Å². The molecule has 15 heavy (non-hydrogen) atoms. The molecule has 1 aromatic carbocycles. The largest absolute Gasteiger partial charge is 0.240 e. The van der Waals surface area contributed by atoms with Crippen LogP contribution in [0.4, 0.5) is 0 Å². The van der Waals surface area contributed by atoms with Gasteiger partial charge in [-0.25, -0.2) is 9.97 Å². The van der Waals surface area contributed by atoms with E-state index in [1.807, 2.05) is 51.2 Å². The van der Waals surface area contributed by atoms with E-state index in [-0.39, 0.29) is 4.83 Å². The van der Waals surface area contributed by atoms with Crippen LogP contribution >= 0.6 is 15.9 Å². The van der Waals surface area contributed by atoms with Crippen molar-refractivity contribution in [2.75, 3.05) is 0 Å². The molecular weight excluding hydrogens is 252 g/mol. The lowest BCUT2D eigenvalue weighted by Crippen LogP contribution is -1.94. The molecule has 2 nitrogen and oxygen atoms in total. The van der Waals surface area contributed by atoms with Gasteiger partial charge in [-0.2, -0.15) is 0 Å². The Kier molecular flexibility index (Phi) is 4.69. The molecule has 0 saturated heterocycles. The number of hydrogen-bond donors (Lipinski definition) is 0. The third-order valence-electron chi connectivity index (χ3n) is 1.86. The zero-order valence-electron chi connectivity index (χ0n) is 9.24. The van der Waals surface area contributed by atoms with Crippen molar-refractivity contribution in [2.24, 2.45) is 0 Å². The molecule has 1 aromatic heterocycles. The summed E-state index contributed by atoms with van der Waals surface area (Å²) in [5.74, 6) is 0.832. The maximum Gasteiger partial charge on any atom is 0.142 e. The van der Waals surface area contributed by atoms with E-state index in [9.17, 15) is 0 Å². The van der Waals surface area contributed by atoms with Gasteiger partial charge in [-0.3, -0.25) is 0 Å². The normalized spacial score (nSPS) is 11.7. The molecule has 1 atom stereocenters. The molecule has 0 spiro atoms. The smallest absolute Gasteiger partial charge is 0.142 e. The number of hydrogen-bond acceptors (Lipinski definition) is 2. The van der Waals surface area contributed by atoms with Crippen molar-refractivity contribution < 1.29 is 0 Å². The van der Waals surface area contributed by atoms with Gasteiger partial charge in [-0.05, 0) is 13.0 Å². The monoisotopic (exact) mass is 266 g/mol. The number of aromatic nitrogens is 2. The van der Waals surface area contributed by atoms with Gasteiger partial charge in [0.25, 0.3) is 0 Å². The highest BCUT2D eigenvalue weighted by atomic mass is 79.9. The second-order valence-corrected chi connectivity index (χ2v) is 4.28. The van der Waals surface area contributed by atoms with Gasteiger partial charge < -0.3 is 0 Å². The minimum absolute atomic E-state index is 0.206. The summed E-state index contributed by atoms with van der Waals surface area (Å²) >= 11 is 3.44. The highest BCUT2D eigenvalue weighted by molar-refractivity contribution is 9.09. The summed E-state index contributed by atoms with van der Waals surface area (Å²) in [6.07, 6.45) is 1.86. The minimum Gasteiger partial charge on any atom is -0.240 e. The number of fused-ring (bicyclic) bond motifs is 1. The Labute approximate surface area is 98.9 Å². The first-order valence-corrected chi connectivity index (χ1v) is 6.04. The fraction of sp³-hybridized carbons (Fsp3) is 0.333. The maximum absolute atomic E-state index is 4.42. The Hall–Kier alpha value is -0.960. The van der Waals surface area contributed by atoms with E-state index >= 15 is 0 Å². The van der Waals surface area contributed by atoms with Crippen LogP contribution in [0, 0.1) is 0 Å². The van der Waals surface area contributed by atoms with Crippen LogP contribution in [-0.4, -0.2) is 9.97 Å². The van der Waals surface area contributed by atoms with Gasteiger partial charge in [-0.15, -0.1) is 0 Å². The van der Waals surface area contributed by atoms with Gasteiger partial charge in [0.2, 0.25) is 0 Å². The fourth-order valence-electron chi connectivity index (χ4n) is 1.18. The molecule has 0 N–H and O–H groups in total. The Balaban J connectivity index is 0.000000531. The van der Waals surface area contributed by atoms with Gasteiger partial charge in [-0.1, -0.05) is 48.0 Å². The molecule has 2 aromatic rings. The lowest BCUT2D eigenvalue weighted by atomic mass is 10.2. The predicted octanol–water partition coefficient (Wildman–Crippen LogP) is 4.11. The first-order chi connectivity index (χ1) is 7.27. The molecule has 80 valence electrons. The third-order valence-corrected chi connectivity index (χ3v) is 2.27. The van der Waals surface area contributed by atoms with Crippen LogP contribution in [0.15, 0.2) is 30.5 Å². The van der Waals surface area contributed by atoms with E-state index in [1.54, 1.807) is 0 Å². The van der Waals surface area contributed by atoms with E-state index in [0.717, 1.165) is 16.7 Å². The summed E-state index contributed by atoms with van der Waals surface area (Å²) < 4.78 is 0. The van der Waals surface area contributed by atoms with Gasteiger partial charge in [0, 0.05) is 11.6 Å². The molecule has 1 heterocycles. The van der Waals surface area contributed by atoms with Gasteiger partial charge in [0.1, 0.15) is 5.82 Å². The number of halogens is 1. The van der Waals surface area contributed by atoms with Crippen molar-refractivity contribution in [3.05, 3.63) is 36.3 Å². The first kappa shape index (κ1) is 12.1. The van der Waals surface area contributed by atoms with Crippen LogP contribution in [0.5, 0.6) is 0 Å². The molecule has 0 saturated carbocycles. The van der Waals surface area contributed by atoms with Crippen molar-refractivity contribution in [2.45, 2.75) is 25.6 Å². The number of nitrogens with zero attached hydrogens (tertiary/aromatic N) is 2. The summed E-state index contributed by atoms with van der Waals surface area (Å²) in [6, 6.07) is 7.98. The molecule has 0 fully saturated rings. The van der Waals surface area contributed by atoms with Crippen molar-refractivity contribution in [1.29, 1.82) is 0 Å². The maximum atomic E-state index is 4.42. The van der Waals surface area contributed by atoms with Crippen LogP contribution in [-0.2, 0) is 0 Å². The molecule has 0 bridgehead atoms. The zero-order valence-corrected chi connectivity index (χ0v) is 10.8. The van der Waals surface area contributed by atoms with Crippen LogP contribution in [0.25, 0.3) is 10.9 Å². The van der Waals surface area contributed by atoms with Crippen LogP contribution < -0.4 is 0 Å². The topological polar surface area (TPSA) is 25.8 Å². The summed E-state index contributed by atoms with van der Waals surface area (Å²) in [5, 5.41) is 1.08. The lowest BCUT2D eigenvalue weighted by molar-refractivity contribution is 0.952. The molecule has 3 heteroatoms. The first-order valence-electron chi connectivity index (χ1n) is 5.13. The zero-order chi connectivity index (χ0) is 11.3. The quantitative estimate of drug-likeness (QED) is 0.726. The average molecular weight is 267 g/mol. The molecule has 0 amide bonds. The molecule has 0 aliphatic heterocycles. The second kappa shape index (κ2) is 5.81. The van der Waals surface area contributed by atoms with Gasteiger partial charge in [0.05, 0.1) is 10.3 Å². The standard InChI is InChI=1S/C10H9BrN2.C2H6/c1-7(11)10-12-6-8-4-2-3-5-9(8)13-10;1-2/h2-7H,1H3;1-2H3. The third kappa shape index (κ3) is 2.99. The van der Waals surface area contributed by atoms with E-state index in [2.05, 4.69) is 25.9 Å². The average Bonchev–Trinajstić information content (AvgIpc) is 2.31. The summed E-state index contributed by atoms with van der Waals surface area (Å²) in [6.45, 7) is 6.02. The molecule has 2 rings (SSSR count). The van der Waals surface area contributed by atoms with Gasteiger partial charge >= 0.3 is 0 Å². The molecule has 0 aliphatic rings. The van der Waals surface area contributed by atoms with E-state index < -0.39 is 0 Å². The number of rotatable bonds is 1. The van der Waals surface area contributed by atoms with E-state index in [0.29, 0.717) is 0 Å². The van der Waals surface area contributed by atoms with Crippen LogP contribution in [0.1, 0.15) is 31.4 Å². The van der Waals surface area contributed by atoms with E-state index in [4.69, 9.17) is 0 Å². The van der Waals surface area contributed by atoms with Crippen molar-refractivity contribution >= 4 is 26.8 Å². The predicted molar refractivity (Wildman–Crippen MR) is 68.2 cm³/mol. The number of para-hydroxylation sites is 1. The second-order valence-electron chi connectivity index (χ2n) is 2.90. The summed E-state index contributed by atoms with van der Waals surface area (Å²) in [7, 11) is 0. The molecular formula is C12H15BrN2. The number of alkyl halides is 1. The summed E-state index contributed by atoms with van der Waals surface area (Å²) in [4.78, 5) is 8.87.